The van der Waals surface area contributed by atoms with Crippen LogP contribution >= 0.6 is 0 Å². The second-order valence-corrected chi connectivity index (χ2v) is 3.42. The maximum absolute atomic E-state index is 11.4. The zero-order valence-electron chi connectivity index (χ0n) is 7.51. The van der Waals surface area contributed by atoms with Gasteiger partial charge in [0.05, 0.1) is 6.61 Å². The van der Waals surface area contributed by atoms with Crippen LogP contribution in [0.15, 0.2) is 0 Å². The Labute approximate surface area is 83.8 Å². The predicted octanol–water partition coefficient (Wildman–Crippen LogP) is -3.36. The lowest BCUT2D eigenvalue weighted by Crippen LogP contribution is -2.56. The minimum absolute atomic E-state index is 0.566. The first-order chi connectivity index (χ1) is 7.01. The third-order valence-electron chi connectivity index (χ3n) is 2.50. The molecule has 0 aromatic heterocycles. The van der Waals surface area contributed by atoms with Crippen molar-refractivity contribution in [3.63, 3.8) is 0 Å². The number of carbonyl (C=O) groups is 2. The Bertz CT molecular complexity index is 321. The number of nitrogens with one attached hydrogen (secondary N) is 2. The van der Waals surface area contributed by atoms with E-state index < -0.39 is 42.6 Å². The molecular formula is C7H10N2O6. The number of rotatable bonds is 1. The molecule has 2 heterocycles. The van der Waals surface area contributed by atoms with Crippen LogP contribution in [0.25, 0.3) is 0 Å². The first-order valence-corrected chi connectivity index (χ1v) is 4.29. The second-order valence-electron chi connectivity index (χ2n) is 3.42. The highest BCUT2D eigenvalue weighted by Crippen LogP contribution is 2.31. The topological polar surface area (TPSA) is 128 Å². The number of hydrogen-bond acceptors (Lipinski definition) is 6. The van der Waals surface area contributed by atoms with Crippen LogP contribution < -0.4 is 10.6 Å². The molecule has 2 aliphatic heterocycles. The van der Waals surface area contributed by atoms with E-state index in [9.17, 15) is 19.8 Å². The standard InChI is InChI=1S/C7H10N2O6/c10-1-2-3(11)4(12)7(15-2)5(13)8-6(14)9-7/h2-4,10-12H,1H2,(H2,8,9,13,14)/t2-,3-,4-,7-/m1/s1. The fraction of sp³-hybridized carbons (Fsp3) is 0.714. The summed E-state index contributed by atoms with van der Waals surface area (Å²) in [6, 6.07) is -0.815. The van der Waals surface area contributed by atoms with Gasteiger partial charge in [0.2, 0.25) is 0 Å². The van der Waals surface area contributed by atoms with Crippen molar-refractivity contribution in [2.24, 2.45) is 0 Å². The van der Waals surface area contributed by atoms with Crippen molar-refractivity contribution in [2.45, 2.75) is 24.0 Å². The van der Waals surface area contributed by atoms with E-state index in [-0.39, 0.29) is 0 Å². The van der Waals surface area contributed by atoms with E-state index in [0.717, 1.165) is 0 Å². The predicted molar refractivity (Wildman–Crippen MR) is 43.4 cm³/mol. The van der Waals surface area contributed by atoms with Gasteiger partial charge < -0.3 is 20.1 Å². The molecule has 0 unspecified atom stereocenters. The van der Waals surface area contributed by atoms with Crippen LogP contribution in [0.1, 0.15) is 0 Å². The molecule has 84 valence electrons. The second kappa shape index (κ2) is 3.14. The lowest BCUT2D eigenvalue weighted by atomic mass is 10.0. The summed E-state index contributed by atoms with van der Waals surface area (Å²) in [5.74, 6) is -0.880. The molecule has 8 heteroatoms. The summed E-state index contributed by atoms with van der Waals surface area (Å²) < 4.78 is 4.97. The van der Waals surface area contributed by atoms with Gasteiger partial charge >= 0.3 is 6.03 Å². The Hall–Kier alpha value is -1.22. The van der Waals surface area contributed by atoms with Gasteiger partial charge in [0, 0.05) is 0 Å². The van der Waals surface area contributed by atoms with Gasteiger partial charge in [0.15, 0.2) is 0 Å². The van der Waals surface area contributed by atoms with E-state index in [1.165, 1.54) is 0 Å². The molecular weight excluding hydrogens is 208 g/mol. The fourth-order valence-corrected chi connectivity index (χ4v) is 1.71. The summed E-state index contributed by atoms with van der Waals surface area (Å²) >= 11 is 0. The average molecular weight is 218 g/mol. The maximum atomic E-state index is 11.4. The van der Waals surface area contributed by atoms with Crippen molar-refractivity contribution in [1.82, 2.24) is 10.6 Å². The van der Waals surface area contributed by atoms with Crippen molar-refractivity contribution in [3.05, 3.63) is 0 Å². The smallest absolute Gasteiger partial charge is 0.324 e. The summed E-state index contributed by atoms with van der Waals surface area (Å²) in [5.41, 5.74) is -1.98. The molecule has 5 N–H and O–H groups in total. The number of urea groups is 1. The minimum atomic E-state index is -1.98. The molecule has 0 saturated carbocycles. The molecule has 2 fully saturated rings. The monoisotopic (exact) mass is 218 g/mol. The zero-order chi connectivity index (χ0) is 11.2. The number of aliphatic hydroxyl groups is 3. The highest BCUT2D eigenvalue weighted by atomic mass is 16.6. The van der Waals surface area contributed by atoms with E-state index in [1.54, 1.807) is 0 Å². The summed E-state index contributed by atoms with van der Waals surface area (Å²) in [6.45, 7) is -0.566. The lowest BCUT2D eigenvalue weighted by Gasteiger charge is -2.22. The molecule has 2 aliphatic rings. The molecule has 0 aromatic rings. The van der Waals surface area contributed by atoms with E-state index in [1.807, 2.05) is 5.32 Å². The van der Waals surface area contributed by atoms with Gasteiger partial charge in [-0.2, -0.15) is 0 Å². The van der Waals surface area contributed by atoms with Crippen LogP contribution in [0.5, 0.6) is 0 Å². The summed E-state index contributed by atoms with van der Waals surface area (Å²) in [4.78, 5) is 22.2. The van der Waals surface area contributed by atoms with Crippen molar-refractivity contribution >= 4 is 11.9 Å². The SMILES string of the molecule is O=C1NC(=O)[C@]2(N1)O[C@H](CO)[C@@H](O)[C@H]2O. The van der Waals surface area contributed by atoms with E-state index in [4.69, 9.17) is 9.84 Å². The Morgan fingerprint density at radius 3 is 2.47 bits per heavy atom. The maximum Gasteiger partial charge on any atom is 0.324 e. The summed E-state index contributed by atoms with van der Waals surface area (Å²) in [5, 5.41) is 31.8. The third kappa shape index (κ3) is 1.23. The molecule has 0 aromatic carbocycles. The van der Waals surface area contributed by atoms with Crippen molar-refractivity contribution in [2.75, 3.05) is 6.61 Å². The van der Waals surface area contributed by atoms with Gasteiger partial charge in [-0.05, 0) is 0 Å². The molecule has 2 saturated heterocycles. The highest BCUT2D eigenvalue weighted by molar-refractivity contribution is 6.06. The van der Waals surface area contributed by atoms with Crippen molar-refractivity contribution in [3.8, 4) is 0 Å². The van der Waals surface area contributed by atoms with Gasteiger partial charge in [0.25, 0.3) is 11.6 Å². The first-order valence-electron chi connectivity index (χ1n) is 4.29. The molecule has 2 rings (SSSR count). The van der Waals surface area contributed by atoms with Crippen LogP contribution in [0, 0.1) is 0 Å². The minimum Gasteiger partial charge on any atom is -0.394 e. The van der Waals surface area contributed by atoms with Crippen LogP contribution in [-0.2, 0) is 9.53 Å². The Morgan fingerprint density at radius 1 is 1.40 bits per heavy atom. The Morgan fingerprint density at radius 2 is 2.07 bits per heavy atom. The van der Waals surface area contributed by atoms with Crippen molar-refractivity contribution < 1.29 is 29.6 Å². The summed E-state index contributed by atoms with van der Waals surface area (Å²) in [6.07, 6.45) is -4.15. The van der Waals surface area contributed by atoms with Gasteiger partial charge in [0.1, 0.15) is 18.3 Å². The summed E-state index contributed by atoms with van der Waals surface area (Å²) in [7, 11) is 0. The van der Waals surface area contributed by atoms with Crippen LogP contribution in [0.4, 0.5) is 4.79 Å². The largest absolute Gasteiger partial charge is 0.394 e. The van der Waals surface area contributed by atoms with E-state index >= 15 is 0 Å². The fourth-order valence-electron chi connectivity index (χ4n) is 1.71. The number of aliphatic hydroxyl groups excluding tert-OH is 3. The average Bonchev–Trinajstić information content (AvgIpc) is 2.60. The number of ether oxygens (including phenoxy) is 1. The van der Waals surface area contributed by atoms with Gasteiger partial charge in [-0.3, -0.25) is 15.4 Å². The van der Waals surface area contributed by atoms with Gasteiger partial charge in [-0.15, -0.1) is 0 Å². The quantitative estimate of drug-likeness (QED) is 0.292. The number of amides is 3. The molecule has 4 atom stereocenters. The molecule has 15 heavy (non-hydrogen) atoms. The van der Waals surface area contributed by atoms with E-state index in [2.05, 4.69) is 5.32 Å². The Balaban J connectivity index is 2.30. The molecule has 3 amide bonds. The number of carbonyl (C=O) groups excluding carboxylic acids is 2. The molecule has 8 nitrogen and oxygen atoms in total. The first kappa shape index (κ1) is 10.3. The third-order valence-corrected chi connectivity index (χ3v) is 2.50. The molecule has 0 bridgehead atoms. The highest BCUT2D eigenvalue weighted by Gasteiger charge is 2.63. The van der Waals surface area contributed by atoms with E-state index in [0.29, 0.717) is 0 Å². The van der Waals surface area contributed by atoms with Crippen LogP contribution in [0.3, 0.4) is 0 Å². The molecule has 0 radical (unpaired) electrons. The zero-order valence-corrected chi connectivity index (χ0v) is 7.51. The van der Waals surface area contributed by atoms with Crippen LogP contribution in [0.2, 0.25) is 0 Å². The number of hydrogen-bond donors (Lipinski definition) is 5. The normalized spacial score (nSPS) is 44.6. The molecule has 0 aliphatic carbocycles. The van der Waals surface area contributed by atoms with Gasteiger partial charge in [-0.25, -0.2) is 4.79 Å². The number of imide groups is 1. The Kier molecular flexibility index (Phi) is 2.15. The van der Waals surface area contributed by atoms with Gasteiger partial charge in [-0.1, -0.05) is 0 Å². The van der Waals surface area contributed by atoms with Crippen molar-refractivity contribution in [1.29, 1.82) is 0 Å². The molecule has 1 spiro atoms. The van der Waals surface area contributed by atoms with Crippen LogP contribution in [-0.4, -0.2) is 57.9 Å². The lowest BCUT2D eigenvalue weighted by molar-refractivity contribution is -0.153.